The van der Waals surface area contributed by atoms with Crippen LogP contribution in [0.2, 0.25) is 0 Å². The van der Waals surface area contributed by atoms with E-state index in [0.29, 0.717) is 24.3 Å². The third-order valence-corrected chi connectivity index (χ3v) is 6.88. The van der Waals surface area contributed by atoms with E-state index in [1.807, 2.05) is 32.0 Å². The number of rotatable bonds is 6. The Bertz CT molecular complexity index is 981. The molecule has 0 unspecified atom stereocenters. The minimum absolute atomic E-state index is 0.0364. The molecule has 1 aliphatic heterocycles. The van der Waals surface area contributed by atoms with Crippen LogP contribution in [-0.4, -0.2) is 55.6 Å². The summed E-state index contributed by atoms with van der Waals surface area (Å²) in [6, 6.07) is 15.8. The van der Waals surface area contributed by atoms with Crippen molar-refractivity contribution in [3.8, 4) is 0 Å². The average molecular weight is 430 g/mol. The van der Waals surface area contributed by atoms with Crippen LogP contribution in [0.25, 0.3) is 0 Å². The first-order valence-corrected chi connectivity index (χ1v) is 11.6. The fourth-order valence-electron chi connectivity index (χ4n) is 3.21. The summed E-state index contributed by atoms with van der Waals surface area (Å²) in [4.78, 5) is 26.2. The Kier molecular flexibility index (Phi) is 6.89. The topological polar surface area (TPSA) is 86.8 Å². The van der Waals surface area contributed by atoms with E-state index in [-0.39, 0.29) is 36.6 Å². The van der Waals surface area contributed by atoms with Crippen LogP contribution in [0.1, 0.15) is 29.8 Å². The van der Waals surface area contributed by atoms with E-state index in [4.69, 9.17) is 0 Å². The lowest BCUT2D eigenvalue weighted by atomic mass is 10.1. The number of amides is 2. The van der Waals surface area contributed by atoms with Crippen LogP contribution < -0.4 is 5.32 Å². The van der Waals surface area contributed by atoms with Crippen LogP contribution in [0.4, 0.5) is 5.69 Å². The molecule has 0 bridgehead atoms. The maximum atomic E-state index is 12.8. The van der Waals surface area contributed by atoms with Gasteiger partial charge in [-0.25, -0.2) is 8.42 Å². The molecule has 1 saturated heterocycles. The Morgan fingerprint density at radius 1 is 0.933 bits per heavy atom. The molecular formula is C22H27N3O4S. The number of piperazine rings is 1. The smallest absolute Gasteiger partial charge is 0.253 e. The molecular weight excluding hydrogens is 402 g/mol. The maximum Gasteiger partial charge on any atom is 0.253 e. The minimum atomic E-state index is -3.42. The third-order valence-electron chi connectivity index (χ3n) is 5.03. The molecule has 1 heterocycles. The predicted octanol–water partition coefficient (Wildman–Crippen LogP) is 2.57. The van der Waals surface area contributed by atoms with Crippen LogP contribution in [0.3, 0.4) is 0 Å². The average Bonchev–Trinajstić information content (AvgIpc) is 2.74. The first kappa shape index (κ1) is 22.0. The van der Waals surface area contributed by atoms with Gasteiger partial charge in [0, 0.05) is 43.3 Å². The molecule has 0 saturated carbocycles. The number of anilines is 1. The molecule has 0 aliphatic carbocycles. The largest absolute Gasteiger partial charge is 0.336 e. The zero-order valence-electron chi connectivity index (χ0n) is 17.2. The van der Waals surface area contributed by atoms with Crippen molar-refractivity contribution in [1.82, 2.24) is 9.21 Å². The molecule has 1 aliphatic rings. The van der Waals surface area contributed by atoms with Crippen LogP contribution in [0.5, 0.6) is 0 Å². The van der Waals surface area contributed by atoms with Gasteiger partial charge in [-0.2, -0.15) is 4.31 Å². The number of sulfonamides is 1. The molecule has 30 heavy (non-hydrogen) atoms. The molecule has 0 radical (unpaired) electrons. The molecule has 2 amide bonds. The molecule has 1 N–H and O–H groups in total. The molecule has 0 atom stereocenters. The minimum Gasteiger partial charge on any atom is -0.336 e. The molecule has 2 aromatic rings. The Hall–Kier alpha value is -2.71. The highest BCUT2D eigenvalue weighted by molar-refractivity contribution is 7.88. The summed E-state index contributed by atoms with van der Waals surface area (Å²) in [6.45, 7) is 4.88. The number of carbonyl (C=O) groups excluding carboxylic acids is 2. The monoisotopic (exact) mass is 429 g/mol. The Morgan fingerprint density at radius 3 is 2.10 bits per heavy atom. The van der Waals surface area contributed by atoms with Gasteiger partial charge >= 0.3 is 0 Å². The van der Waals surface area contributed by atoms with Crippen LogP contribution in [-0.2, 0) is 20.6 Å². The van der Waals surface area contributed by atoms with Crippen molar-refractivity contribution in [2.45, 2.75) is 19.6 Å². The lowest BCUT2D eigenvalue weighted by Crippen LogP contribution is -2.50. The number of hydrogen-bond donors (Lipinski definition) is 1. The summed E-state index contributed by atoms with van der Waals surface area (Å²) in [6.07, 6.45) is 0. The molecule has 1 fully saturated rings. The highest BCUT2D eigenvalue weighted by atomic mass is 32.2. The van der Waals surface area contributed by atoms with Gasteiger partial charge in [0.05, 0.1) is 5.75 Å². The van der Waals surface area contributed by atoms with Gasteiger partial charge in [0.25, 0.3) is 5.91 Å². The van der Waals surface area contributed by atoms with Crippen LogP contribution >= 0.6 is 0 Å². The molecule has 0 spiro atoms. The van der Waals surface area contributed by atoms with Gasteiger partial charge in [0.2, 0.25) is 15.9 Å². The Labute approximate surface area is 177 Å². The predicted molar refractivity (Wildman–Crippen MR) is 116 cm³/mol. The standard InChI is InChI=1S/C22H27N3O4S/c1-17(2)21(26)23-20-10-8-19(9-11-20)22(27)24-12-14-25(15-13-24)30(28,29)16-18-6-4-3-5-7-18/h3-11,17H,12-16H2,1-2H3,(H,23,26). The number of benzene rings is 2. The van der Waals surface area contributed by atoms with E-state index in [1.165, 1.54) is 4.31 Å². The van der Waals surface area contributed by atoms with Crippen molar-refractivity contribution in [2.75, 3.05) is 31.5 Å². The second-order valence-corrected chi connectivity index (χ2v) is 9.62. The molecule has 2 aromatic carbocycles. The summed E-state index contributed by atoms with van der Waals surface area (Å²) in [5.74, 6) is -0.384. The van der Waals surface area contributed by atoms with Crippen molar-refractivity contribution < 1.29 is 18.0 Å². The summed E-state index contributed by atoms with van der Waals surface area (Å²) >= 11 is 0. The van der Waals surface area contributed by atoms with Gasteiger partial charge in [-0.1, -0.05) is 44.2 Å². The van der Waals surface area contributed by atoms with Crippen molar-refractivity contribution in [1.29, 1.82) is 0 Å². The van der Waals surface area contributed by atoms with Gasteiger partial charge in [-0.05, 0) is 29.8 Å². The molecule has 160 valence electrons. The van der Waals surface area contributed by atoms with E-state index in [9.17, 15) is 18.0 Å². The third kappa shape index (κ3) is 5.46. The number of carbonyl (C=O) groups is 2. The van der Waals surface area contributed by atoms with Gasteiger partial charge < -0.3 is 10.2 Å². The number of hydrogen-bond acceptors (Lipinski definition) is 4. The summed E-state index contributed by atoms with van der Waals surface area (Å²) in [5.41, 5.74) is 1.90. The highest BCUT2D eigenvalue weighted by Crippen LogP contribution is 2.17. The highest BCUT2D eigenvalue weighted by Gasteiger charge is 2.29. The SMILES string of the molecule is CC(C)C(=O)Nc1ccc(C(=O)N2CCN(S(=O)(=O)Cc3ccccc3)CC2)cc1. The van der Waals surface area contributed by atoms with E-state index in [2.05, 4.69) is 5.32 Å². The van der Waals surface area contributed by atoms with Crippen LogP contribution in [0, 0.1) is 5.92 Å². The van der Waals surface area contributed by atoms with E-state index >= 15 is 0 Å². The van der Waals surface area contributed by atoms with E-state index in [1.54, 1.807) is 41.3 Å². The van der Waals surface area contributed by atoms with Gasteiger partial charge in [-0.15, -0.1) is 0 Å². The van der Waals surface area contributed by atoms with Gasteiger partial charge in [0.1, 0.15) is 0 Å². The van der Waals surface area contributed by atoms with Crippen molar-refractivity contribution in [3.05, 3.63) is 65.7 Å². The number of nitrogens with one attached hydrogen (secondary N) is 1. The first-order chi connectivity index (χ1) is 14.3. The van der Waals surface area contributed by atoms with Gasteiger partial charge in [0.15, 0.2) is 0 Å². The summed E-state index contributed by atoms with van der Waals surface area (Å²) in [5, 5.41) is 2.79. The zero-order chi connectivity index (χ0) is 21.7. The normalized spacial score (nSPS) is 15.2. The molecule has 3 rings (SSSR count). The van der Waals surface area contributed by atoms with Gasteiger partial charge in [-0.3, -0.25) is 9.59 Å². The van der Waals surface area contributed by atoms with E-state index in [0.717, 1.165) is 5.56 Å². The lowest BCUT2D eigenvalue weighted by molar-refractivity contribution is -0.118. The number of nitrogens with zero attached hydrogens (tertiary/aromatic N) is 2. The van der Waals surface area contributed by atoms with Crippen molar-refractivity contribution in [2.24, 2.45) is 5.92 Å². The second-order valence-electron chi connectivity index (χ2n) is 7.65. The quantitative estimate of drug-likeness (QED) is 0.765. The maximum absolute atomic E-state index is 12.8. The Balaban J connectivity index is 1.56. The molecule has 8 heteroatoms. The Morgan fingerprint density at radius 2 is 1.53 bits per heavy atom. The molecule has 7 nitrogen and oxygen atoms in total. The summed E-state index contributed by atoms with van der Waals surface area (Å²) < 4.78 is 26.8. The fraction of sp³-hybridized carbons (Fsp3) is 0.364. The molecule has 0 aromatic heterocycles. The fourth-order valence-corrected chi connectivity index (χ4v) is 4.73. The second kappa shape index (κ2) is 9.40. The van der Waals surface area contributed by atoms with Crippen LogP contribution in [0.15, 0.2) is 54.6 Å². The first-order valence-electron chi connectivity index (χ1n) is 9.98. The van der Waals surface area contributed by atoms with E-state index < -0.39 is 10.0 Å². The zero-order valence-corrected chi connectivity index (χ0v) is 18.1. The lowest BCUT2D eigenvalue weighted by Gasteiger charge is -2.34. The van der Waals surface area contributed by atoms with Crippen molar-refractivity contribution in [3.63, 3.8) is 0 Å². The van der Waals surface area contributed by atoms with Crippen molar-refractivity contribution >= 4 is 27.5 Å². The summed E-state index contributed by atoms with van der Waals surface area (Å²) in [7, 11) is -3.42.